The van der Waals surface area contributed by atoms with Crippen LogP contribution in [0.15, 0.2) is 18.3 Å². The lowest BCUT2D eigenvalue weighted by Crippen LogP contribution is -2.20. The van der Waals surface area contributed by atoms with Crippen LogP contribution >= 0.6 is 0 Å². The quantitative estimate of drug-likeness (QED) is 0.861. The number of carbonyl (C=O) groups is 1. The van der Waals surface area contributed by atoms with E-state index in [9.17, 15) is 9.90 Å². The Kier molecular flexibility index (Phi) is 4.76. The highest BCUT2D eigenvalue weighted by Crippen LogP contribution is 2.32. The summed E-state index contributed by atoms with van der Waals surface area (Å²) < 4.78 is 1.91. The zero-order valence-corrected chi connectivity index (χ0v) is 14.0. The van der Waals surface area contributed by atoms with E-state index < -0.39 is 5.97 Å². The number of anilines is 1. The molecule has 5 heteroatoms. The number of carboxylic acids is 1. The third-order valence-corrected chi connectivity index (χ3v) is 3.85. The summed E-state index contributed by atoms with van der Waals surface area (Å²) in [6.45, 7) is 6.01. The normalized spacial score (nSPS) is 11.6. The van der Waals surface area contributed by atoms with E-state index in [4.69, 9.17) is 0 Å². The highest BCUT2D eigenvalue weighted by atomic mass is 16.4. The lowest BCUT2D eigenvalue weighted by Gasteiger charge is -2.15. The predicted molar refractivity (Wildman–Crippen MR) is 91.0 cm³/mol. The largest absolute Gasteiger partial charge is 0.478 e. The van der Waals surface area contributed by atoms with E-state index in [1.165, 1.54) is 5.56 Å². The van der Waals surface area contributed by atoms with Crippen molar-refractivity contribution in [3.8, 4) is 0 Å². The summed E-state index contributed by atoms with van der Waals surface area (Å²) in [5, 5.41) is 13.6. The van der Waals surface area contributed by atoms with Gasteiger partial charge >= 0.3 is 5.97 Å². The number of aromatic carboxylic acids is 1. The van der Waals surface area contributed by atoms with Gasteiger partial charge in [-0.3, -0.25) is 0 Å². The molecule has 0 fully saturated rings. The van der Waals surface area contributed by atoms with Crippen LogP contribution in [0.4, 0.5) is 5.69 Å². The van der Waals surface area contributed by atoms with Crippen molar-refractivity contribution < 1.29 is 9.90 Å². The Hall–Kier alpha value is -2.01. The Labute approximate surface area is 131 Å². The molecule has 1 heterocycles. The van der Waals surface area contributed by atoms with E-state index in [1.807, 2.05) is 31.8 Å². The van der Waals surface area contributed by atoms with Crippen LogP contribution in [0.25, 0.3) is 10.9 Å². The molecular weight excluding hydrogens is 278 g/mol. The number of aryl methyl sites for hydroxylation is 1. The molecule has 0 aliphatic heterocycles. The molecule has 0 atom stereocenters. The van der Waals surface area contributed by atoms with E-state index in [0.29, 0.717) is 11.5 Å². The van der Waals surface area contributed by atoms with E-state index >= 15 is 0 Å². The molecule has 0 aliphatic rings. The lowest BCUT2D eigenvalue weighted by molar-refractivity contribution is 0.0699. The standard InChI is InChI=1S/C17H25N3O2/c1-11(2)13-8-12(18-6-7-19(3)4)9-14-15(17(21)22)10-20(5)16(13)14/h8-11,18H,6-7H2,1-5H3,(H,21,22). The van der Waals surface area contributed by atoms with Crippen molar-refractivity contribution in [2.75, 3.05) is 32.5 Å². The number of likely N-dealkylation sites (N-methyl/N-ethyl adjacent to an activating group) is 1. The fourth-order valence-corrected chi connectivity index (χ4v) is 2.72. The van der Waals surface area contributed by atoms with Crippen LogP contribution in [0.3, 0.4) is 0 Å². The van der Waals surface area contributed by atoms with Gasteiger partial charge in [-0.1, -0.05) is 13.8 Å². The summed E-state index contributed by atoms with van der Waals surface area (Å²) in [5.41, 5.74) is 3.51. The van der Waals surface area contributed by atoms with Gasteiger partial charge in [0.15, 0.2) is 0 Å². The molecule has 120 valence electrons. The first-order chi connectivity index (χ1) is 10.3. The first kappa shape index (κ1) is 16.4. The van der Waals surface area contributed by atoms with Crippen LogP contribution in [-0.4, -0.2) is 47.7 Å². The Balaban J connectivity index is 2.51. The average Bonchev–Trinajstić information content (AvgIpc) is 2.75. The van der Waals surface area contributed by atoms with Gasteiger partial charge in [0.1, 0.15) is 0 Å². The molecule has 0 radical (unpaired) electrons. The molecule has 2 aromatic rings. The van der Waals surface area contributed by atoms with Gasteiger partial charge in [0.25, 0.3) is 0 Å². The van der Waals surface area contributed by atoms with Gasteiger partial charge in [-0.2, -0.15) is 0 Å². The summed E-state index contributed by atoms with van der Waals surface area (Å²) in [5.74, 6) is -0.556. The van der Waals surface area contributed by atoms with Gasteiger partial charge in [0.05, 0.1) is 11.1 Å². The molecule has 1 aromatic carbocycles. The van der Waals surface area contributed by atoms with Crippen LogP contribution in [0.2, 0.25) is 0 Å². The van der Waals surface area contributed by atoms with Crippen molar-refractivity contribution in [2.24, 2.45) is 7.05 Å². The van der Waals surface area contributed by atoms with Crippen molar-refractivity contribution in [3.05, 3.63) is 29.5 Å². The number of carboxylic acid groups (broad SMARTS) is 1. The molecule has 5 nitrogen and oxygen atoms in total. The summed E-state index contributed by atoms with van der Waals surface area (Å²) in [6, 6.07) is 4.08. The summed E-state index contributed by atoms with van der Waals surface area (Å²) >= 11 is 0. The molecule has 22 heavy (non-hydrogen) atoms. The predicted octanol–water partition coefficient (Wildman–Crippen LogP) is 2.97. The highest BCUT2D eigenvalue weighted by molar-refractivity contribution is 6.05. The smallest absolute Gasteiger partial charge is 0.337 e. The van der Waals surface area contributed by atoms with E-state index in [0.717, 1.165) is 29.7 Å². The van der Waals surface area contributed by atoms with Crippen LogP contribution in [0, 0.1) is 0 Å². The second kappa shape index (κ2) is 6.40. The Morgan fingerprint density at radius 3 is 2.59 bits per heavy atom. The molecule has 2 N–H and O–H groups in total. The minimum atomic E-state index is -0.884. The molecular formula is C17H25N3O2. The van der Waals surface area contributed by atoms with Gasteiger partial charge in [0.2, 0.25) is 0 Å². The third kappa shape index (κ3) is 3.25. The number of nitrogens with one attached hydrogen (secondary N) is 1. The average molecular weight is 303 g/mol. The summed E-state index contributed by atoms with van der Waals surface area (Å²) in [7, 11) is 5.97. The number of nitrogens with zero attached hydrogens (tertiary/aromatic N) is 2. The second-order valence-corrected chi connectivity index (χ2v) is 6.31. The van der Waals surface area contributed by atoms with E-state index in [2.05, 4.69) is 30.1 Å². The molecule has 0 unspecified atom stereocenters. The molecule has 0 bridgehead atoms. The Bertz CT molecular complexity index is 687. The number of rotatable bonds is 6. The van der Waals surface area contributed by atoms with Crippen LogP contribution in [0.1, 0.15) is 35.7 Å². The minimum Gasteiger partial charge on any atom is -0.478 e. The lowest BCUT2D eigenvalue weighted by atomic mass is 9.98. The molecule has 0 saturated heterocycles. The third-order valence-electron chi connectivity index (χ3n) is 3.85. The van der Waals surface area contributed by atoms with Gasteiger partial charge in [-0.25, -0.2) is 4.79 Å². The molecule has 0 saturated carbocycles. The zero-order valence-electron chi connectivity index (χ0n) is 14.0. The summed E-state index contributed by atoms with van der Waals surface area (Å²) in [6.07, 6.45) is 1.70. The SMILES string of the molecule is CC(C)c1cc(NCCN(C)C)cc2c(C(=O)O)cn(C)c12. The molecule has 2 rings (SSSR count). The fraction of sp³-hybridized carbons (Fsp3) is 0.471. The second-order valence-electron chi connectivity index (χ2n) is 6.31. The Morgan fingerprint density at radius 2 is 2.05 bits per heavy atom. The van der Waals surface area contributed by atoms with Crippen LogP contribution in [0.5, 0.6) is 0 Å². The minimum absolute atomic E-state index is 0.327. The Morgan fingerprint density at radius 1 is 1.36 bits per heavy atom. The van der Waals surface area contributed by atoms with Crippen molar-refractivity contribution >= 4 is 22.6 Å². The zero-order chi connectivity index (χ0) is 16.4. The number of fused-ring (bicyclic) bond motifs is 1. The summed E-state index contributed by atoms with van der Waals surface area (Å²) in [4.78, 5) is 13.6. The van der Waals surface area contributed by atoms with Crippen molar-refractivity contribution in [2.45, 2.75) is 19.8 Å². The maximum atomic E-state index is 11.5. The number of hydrogen-bond donors (Lipinski definition) is 2. The fourth-order valence-electron chi connectivity index (χ4n) is 2.72. The van der Waals surface area contributed by atoms with Crippen molar-refractivity contribution in [1.82, 2.24) is 9.47 Å². The number of hydrogen-bond acceptors (Lipinski definition) is 3. The molecule has 1 aromatic heterocycles. The molecule has 0 amide bonds. The van der Waals surface area contributed by atoms with Gasteiger partial charge in [-0.05, 0) is 37.7 Å². The van der Waals surface area contributed by atoms with Gasteiger partial charge in [0, 0.05) is 37.4 Å². The number of benzene rings is 1. The van der Waals surface area contributed by atoms with Crippen molar-refractivity contribution in [3.63, 3.8) is 0 Å². The monoisotopic (exact) mass is 303 g/mol. The van der Waals surface area contributed by atoms with Crippen LogP contribution in [-0.2, 0) is 7.05 Å². The maximum absolute atomic E-state index is 11.5. The first-order valence-electron chi connectivity index (χ1n) is 7.56. The van der Waals surface area contributed by atoms with E-state index in [1.54, 1.807) is 6.20 Å². The topological polar surface area (TPSA) is 57.5 Å². The molecule has 0 spiro atoms. The van der Waals surface area contributed by atoms with Gasteiger partial charge in [-0.15, -0.1) is 0 Å². The maximum Gasteiger partial charge on any atom is 0.337 e. The van der Waals surface area contributed by atoms with Gasteiger partial charge < -0.3 is 19.9 Å². The van der Waals surface area contributed by atoms with E-state index in [-0.39, 0.29) is 0 Å². The van der Waals surface area contributed by atoms with Crippen molar-refractivity contribution in [1.29, 1.82) is 0 Å². The van der Waals surface area contributed by atoms with Crippen LogP contribution < -0.4 is 5.32 Å². The molecule has 0 aliphatic carbocycles. The first-order valence-corrected chi connectivity index (χ1v) is 7.56. The highest BCUT2D eigenvalue weighted by Gasteiger charge is 2.18. The number of aromatic nitrogens is 1.